The van der Waals surface area contributed by atoms with Crippen molar-refractivity contribution < 1.29 is 9.50 Å². The summed E-state index contributed by atoms with van der Waals surface area (Å²) in [7, 11) is 0. The van der Waals surface area contributed by atoms with Gasteiger partial charge in [-0.05, 0) is 36.8 Å². The molecule has 1 aromatic carbocycles. The van der Waals surface area contributed by atoms with Gasteiger partial charge in [0, 0.05) is 23.2 Å². The summed E-state index contributed by atoms with van der Waals surface area (Å²) in [6.45, 7) is 1.91. The van der Waals surface area contributed by atoms with E-state index in [0.717, 1.165) is 5.56 Å². The van der Waals surface area contributed by atoms with Crippen molar-refractivity contribution in [3.63, 3.8) is 0 Å². The zero-order valence-corrected chi connectivity index (χ0v) is 10.7. The first kappa shape index (κ1) is 13.0. The summed E-state index contributed by atoms with van der Waals surface area (Å²) in [6, 6.07) is 8.10. The van der Waals surface area contributed by atoms with Gasteiger partial charge in [-0.25, -0.2) is 4.39 Å². The number of aryl methyl sites for hydroxylation is 1. The SMILES string of the molecule is Cc1ccnc(C(O)Cc2c(F)cccc2Cl)c1. The lowest BCUT2D eigenvalue weighted by atomic mass is 10.0. The fourth-order valence-corrected chi connectivity index (χ4v) is 2.01. The molecule has 1 unspecified atom stereocenters. The van der Waals surface area contributed by atoms with E-state index in [4.69, 9.17) is 11.6 Å². The predicted molar refractivity (Wildman–Crippen MR) is 69.0 cm³/mol. The van der Waals surface area contributed by atoms with Crippen LogP contribution in [0.15, 0.2) is 36.5 Å². The lowest BCUT2D eigenvalue weighted by Crippen LogP contribution is -2.06. The Labute approximate surface area is 110 Å². The molecule has 0 spiro atoms. The van der Waals surface area contributed by atoms with E-state index in [-0.39, 0.29) is 6.42 Å². The van der Waals surface area contributed by atoms with Crippen LogP contribution in [0.25, 0.3) is 0 Å². The van der Waals surface area contributed by atoms with Crippen LogP contribution in [0.3, 0.4) is 0 Å². The highest BCUT2D eigenvalue weighted by molar-refractivity contribution is 6.31. The number of rotatable bonds is 3. The number of aliphatic hydroxyl groups is 1. The smallest absolute Gasteiger partial charge is 0.127 e. The molecule has 0 saturated heterocycles. The number of hydrogen-bond donors (Lipinski definition) is 1. The summed E-state index contributed by atoms with van der Waals surface area (Å²) in [5.74, 6) is -0.408. The normalized spacial score (nSPS) is 12.4. The van der Waals surface area contributed by atoms with Crippen molar-refractivity contribution in [2.75, 3.05) is 0 Å². The molecule has 18 heavy (non-hydrogen) atoms. The summed E-state index contributed by atoms with van der Waals surface area (Å²) in [6.07, 6.45) is 0.873. The van der Waals surface area contributed by atoms with E-state index in [0.29, 0.717) is 16.3 Å². The van der Waals surface area contributed by atoms with Crippen LogP contribution in [-0.2, 0) is 6.42 Å². The second kappa shape index (κ2) is 5.46. The van der Waals surface area contributed by atoms with Gasteiger partial charge in [0.25, 0.3) is 0 Å². The van der Waals surface area contributed by atoms with Gasteiger partial charge in [-0.15, -0.1) is 0 Å². The molecule has 0 fully saturated rings. The number of aliphatic hydroxyl groups excluding tert-OH is 1. The first-order chi connectivity index (χ1) is 8.58. The Balaban J connectivity index is 2.24. The van der Waals surface area contributed by atoms with E-state index in [1.54, 1.807) is 24.4 Å². The van der Waals surface area contributed by atoms with E-state index in [2.05, 4.69) is 4.98 Å². The molecule has 0 aliphatic rings. The lowest BCUT2D eigenvalue weighted by molar-refractivity contribution is 0.172. The van der Waals surface area contributed by atoms with Gasteiger partial charge in [0.2, 0.25) is 0 Å². The molecule has 0 radical (unpaired) electrons. The minimum absolute atomic E-state index is 0.113. The van der Waals surface area contributed by atoms with Crippen LogP contribution >= 0.6 is 11.6 Å². The minimum atomic E-state index is -0.862. The van der Waals surface area contributed by atoms with E-state index >= 15 is 0 Å². The van der Waals surface area contributed by atoms with Gasteiger partial charge < -0.3 is 5.11 Å². The van der Waals surface area contributed by atoms with Gasteiger partial charge in [0.15, 0.2) is 0 Å². The van der Waals surface area contributed by atoms with Crippen molar-refractivity contribution in [2.24, 2.45) is 0 Å². The van der Waals surface area contributed by atoms with Crippen LogP contribution < -0.4 is 0 Å². The minimum Gasteiger partial charge on any atom is -0.386 e. The second-order valence-corrected chi connectivity index (χ2v) is 4.59. The first-order valence-corrected chi connectivity index (χ1v) is 5.99. The molecule has 1 N–H and O–H groups in total. The summed E-state index contributed by atoms with van der Waals surface area (Å²) >= 11 is 5.92. The molecular weight excluding hydrogens is 253 g/mol. The average Bonchev–Trinajstić information content (AvgIpc) is 2.34. The van der Waals surface area contributed by atoms with Crippen LogP contribution in [0.1, 0.15) is 22.9 Å². The fourth-order valence-electron chi connectivity index (χ4n) is 1.77. The van der Waals surface area contributed by atoms with E-state index in [9.17, 15) is 9.50 Å². The molecule has 0 bridgehead atoms. The Kier molecular flexibility index (Phi) is 3.94. The molecule has 1 heterocycles. The molecule has 0 amide bonds. The fraction of sp³-hybridized carbons (Fsp3) is 0.214. The molecule has 1 aromatic heterocycles. The Hall–Kier alpha value is -1.45. The molecule has 2 nitrogen and oxygen atoms in total. The number of hydrogen-bond acceptors (Lipinski definition) is 2. The largest absolute Gasteiger partial charge is 0.386 e. The molecule has 0 aliphatic heterocycles. The maximum Gasteiger partial charge on any atom is 0.127 e. The van der Waals surface area contributed by atoms with Crippen molar-refractivity contribution in [3.8, 4) is 0 Å². The van der Waals surface area contributed by atoms with Gasteiger partial charge in [0.1, 0.15) is 11.9 Å². The topological polar surface area (TPSA) is 33.1 Å². The second-order valence-electron chi connectivity index (χ2n) is 4.18. The summed E-state index contributed by atoms with van der Waals surface area (Å²) in [5.41, 5.74) is 1.84. The highest BCUT2D eigenvalue weighted by atomic mass is 35.5. The van der Waals surface area contributed by atoms with Gasteiger partial charge >= 0.3 is 0 Å². The molecule has 0 aliphatic carbocycles. The van der Waals surface area contributed by atoms with Gasteiger partial charge in [-0.2, -0.15) is 0 Å². The number of halogens is 2. The summed E-state index contributed by atoms with van der Waals surface area (Å²) < 4.78 is 13.6. The van der Waals surface area contributed by atoms with Crippen molar-refractivity contribution in [1.82, 2.24) is 4.98 Å². The monoisotopic (exact) mass is 265 g/mol. The lowest BCUT2D eigenvalue weighted by Gasteiger charge is -2.12. The Morgan fingerprint density at radius 1 is 1.39 bits per heavy atom. The van der Waals surface area contributed by atoms with E-state index in [1.807, 2.05) is 13.0 Å². The van der Waals surface area contributed by atoms with Gasteiger partial charge in [-0.1, -0.05) is 17.7 Å². The van der Waals surface area contributed by atoms with Crippen molar-refractivity contribution in [1.29, 1.82) is 0 Å². The maximum absolute atomic E-state index is 13.6. The third-order valence-corrected chi connectivity index (χ3v) is 3.09. The standard InChI is InChI=1S/C14H13ClFNO/c1-9-5-6-17-13(7-9)14(18)8-10-11(15)3-2-4-12(10)16/h2-7,14,18H,8H2,1H3. The molecule has 4 heteroatoms. The van der Waals surface area contributed by atoms with Crippen LogP contribution in [0.2, 0.25) is 5.02 Å². The molecule has 2 aromatic rings. The van der Waals surface area contributed by atoms with E-state index < -0.39 is 11.9 Å². The summed E-state index contributed by atoms with van der Waals surface area (Å²) in [5, 5.41) is 10.4. The highest BCUT2D eigenvalue weighted by Crippen LogP contribution is 2.25. The van der Waals surface area contributed by atoms with Gasteiger partial charge in [-0.3, -0.25) is 4.98 Å². The quantitative estimate of drug-likeness (QED) is 0.922. The average molecular weight is 266 g/mol. The molecule has 2 rings (SSSR count). The maximum atomic E-state index is 13.6. The summed E-state index contributed by atoms with van der Waals surface area (Å²) in [4.78, 5) is 4.08. The van der Waals surface area contributed by atoms with Crippen LogP contribution in [0.5, 0.6) is 0 Å². The third-order valence-electron chi connectivity index (χ3n) is 2.74. The van der Waals surface area contributed by atoms with Crippen molar-refractivity contribution in [3.05, 3.63) is 64.2 Å². The van der Waals surface area contributed by atoms with Crippen LogP contribution in [0.4, 0.5) is 4.39 Å². The molecular formula is C14H13ClFNO. The van der Waals surface area contributed by atoms with Crippen LogP contribution in [0, 0.1) is 12.7 Å². The Morgan fingerprint density at radius 3 is 2.83 bits per heavy atom. The number of nitrogens with zero attached hydrogens (tertiary/aromatic N) is 1. The Bertz CT molecular complexity index is 539. The van der Waals surface area contributed by atoms with Crippen molar-refractivity contribution >= 4 is 11.6 Å². The zero-order valence-electron chi connectivity index (χ0n) is 9.90. The predicted octanol–water partition coefficient (Wildman–Crippen LogP) is 3.46. The number of pyridine rings is 1. The van der Waals surface area contributed by atoms with Gasteiger partial charge in [0.05, 0.1) is 5.69 Å². The van der Waals surface area contributed by atoms with E-state index in [1.165, 1.54) is 6.07 Å². The van der Waals surface area contributed by atoms with Crippen molar-refractivity contribution in [2.45, 2.75) is 19.4 Å². The third kappa shape index (κ3) is 2.86. The Morgan fingerprint density at radius 2 is 2.17 bits per heavy atom. The molecule has 94 valence electrons. The molecule has 1 atom stereocenters. The number of aromatic nitrogens is 1. The first-order valence-electron chi connectivity index (χ1n) is 5.61. The highest BCUT2D eigenvalue weighted by Gasteiger charge is 2.15. The zero-order chi connectivity index (χ0) is 13.1. The molecule has 0 saturated carbocycles. The number of benzene rings is 1. The van der Waals surface area contributed by atoms with Crippen LogP contribution in [-0.4, -0.2) is 10.1 Å².